The van der Waals surface area contributed by atoms with E-state index in [1.54, 1.807) is 18.9 Å². The molecule has 0 bridgehead atoms. The molecule has 9 heteroatoms. The van der Waals surface area contributed by atoms with Gasteiger partial charge >= 0.3 is 0 Å². The summed E-state index contributed by atoms with van der Waals surface area (Å²) in [7, 11) is 1.66. The van der Waals surface area contributed by atoms with Gasteiger partial charge in [-0.2, -0.15) is 0 Å². The van der Waals surface area contributed by atoms with Crippen LogP contribution in [0.15, 0.2) is 84.0 Å². The molecular formula is C29H30ClN5O2S. The summed E-state index contributed by atoms with van der Waals surface area (Å²) in [6.45, 7) is 3.08. The van der Waals surface area contributed by atoms with Crippen LogP contribution < -0.4 is 9.64 Å². The van der Waals surface area contributed by atoms with E-state index in [0.29, 0.717) is 6.42 Å². The highest BCUT2D eigenvalue weighted by Crippen LogP contribution is 2.30. The summed E-state index contributed by atoms with van der Waals surface area (Å²) in [4.78, 5) is 17.1. The van der Waals surface area contributed by atoms with Crippen LogP contribution in [0.1, 0.15) is 12.8 Å². The molecule has 7 nitrogen and oxygen atoms in total. The van der Waals surface area contributed by atoms with Crippen molar-refractivity contribution < 1.29 is 9.53 Å². The van der Waals surface area contributed by atoms with E-state index < -0.39 is 0 Å². The Morgan fingerprint density at radius 1 is 0.921 bits per heavy atom. The first-order valence-corrected chi connectivity index (χ1v) is 14.0. The van der Waals surface area contributed by atoms with Crippen molar-refractivity contribution in [1.29, 1.82) is 0 Å². The van der Waals surface area contributed by atoms with Crippen molar-refractivity contribution in [2.75, 3.05) is 43.9 Å². The van der Waals surface area contributed by atoms with E-state index in [1.165, 1.54) is 0 Å². The van der Waals surface area contributed by atoms with Crippen molar-refractivity contribution in [1.82, 2.24) is 19.7 Å². The zero-order chi connectivity index (χ0) is 26.3. The fourth-order valence-electron chi connectivity index (χ4n) is 4.55. The highest BCUT2D eigenvalue weighted by Gasteiger charge is 2.22. The van der Waals surface area contributed by atoms with Gasteiger partial charge in [-0.25, -0.2) is 0 Å². The maximum atomic E-state index is 12.9. The Morgan fingerprint density at radius 3 is 2.45 bits per heavy atom. The van der Waals surface area contributed by atoms with E-state index in [0.717, 1.165) is 77.0 Å². The van der Waals surface area contributed by atoms with E-state index in [-0.39, 0.29) is 5.91 Å². The van der Waals surface area contributed by atoms with Crippen LogP contribution in [0.4, 0.5) is 5.69 Å². The highest BCUT2D eigenvalue weighted by atomic mass is 35.5. The monoisotopic (exact) mass is 547 g/mol. The molecule has 0 spiro atoms. The Labute approximate surface area is 232 Å². The molecule has 2 heterocycles. The normalized spacial score (nSPS) is 13.5. The molecule has 1 amide bonds. The minimum absolute atomic E-state index is 0.206. The van der Waals surface area contributed by atoms with Crippen LogP contribution in [-0.4, -0.2) is 64.6 Å². The first kappa shape index (κ1) is 26.1. The van der Waals surface area contributed by atoms with Crippen molar-refractivity contribution in [2.45, 2.75) is 18.0 Å². The Hall–Kier alpha value is -3.49. The zero-order valence-corrected chi connectivity index (χ0v) is 22.9. The van der Waals surface area contributed by atoms with Crippen molar-refractivity contribution in [3.8, 4) is 22.8 Å². The summed E-state index contributed by atoms with van der Waals surface area (Å²) < 4.78 is 7.47. The molecule has 0 saturated carbocycles. The van der Waals surface area contributed by atoms with Crippen LogP contribution in [0.25, 0.3) is 17.1 Å². The minimum atomic E-state index is 0.206. The second-order valence-electron chi connectivity index (χ2n) is 9.01. The van der Waals surface area contributed by atoms with Gasteiger partial charge < -0.3 is 14.5 Å². The minimum Gasteiger partial charge on any atom is -0.497 e. The molecule has 1 aliphatic heterocycles. The quantitative estimate of drug-likeness (QED) is 0.194. The van der Waals surface area contributed by atoms with Gasteiger partial charge in [-0.15, -0.1) is 10.2 Å². The molecule has 0 radical (unpaired) electrons. The molecule has 1 fully saturated rings. The molecule has 3 aromatic carbocycles. The maximum absolute atomic E-state index is 12.9. The van der Waals surface area contributed by atoms with E-state index in [2.05, 4.69) is 25.7 Å². The SMILES string of the molecule is COc1cccc(-c2nnc(SCCCC(=O)N3CCN(c4cccc(Cl)c4)CC3)n2-c2ccccc2)c1. The third-order valence-corrected chi connectivity index (χ3v) is 7.80. The van der Waals surface area contributed by atoms with E-state index in [9.17, 15) is 4.79 Å². The van der Waals surface area contributed by atoms with Crippen LogP contribution in [-0.2, 0) is 4.79 Å². The molecule has 4 aromatic rings. The number of hydrogen-bond donors (Lipinski definition) is 0. The standard InChI is InChI=1S/C29H30ClN5O2S/c1-37-26-13-5-8-22(20-26)28-31-32-29(35(28)24-10-3-2-4-11-24)38-19-7-14-27(36)34-17-15-33(16-18-34)25-12-6-9-23(30)21-25/h2-6,8-13,20-21H,7,14-19H2,1H3. The van der Waals surface area contributed by atoms with Gasteiger partial charge in [0.05, 0.1) is 7.11 Å². The van der Waals surface area contributed by atoms with E-state index >= 15 is 0 Å². The van der Waals surface area contributed by atoms with Gasteiger partial charge in [-0.3, -0.25) is 9.36 Å². The predicted molar refractivity (Wildman–Crippen MR) is 154 cm³/mol. The number of hydrogen-bond acceptors (Lipinski definition) is 6. The number of rotatable bonds is 9. The summed E-state index contributed by atoms with van der Waals surface area (Å²) >= 11 is 7.76. The lowest BCUT2D eigenvalue weighted by Crippen LogP contribution is -2.48. The number of ether oxygens (including phenoxy) is 1. The average Bonchev–Trinajstić information content (AvgIpc) is 3.40. The number of methoxy groups -OCH3 is 1. The number of carbonyl (C=O) groups excluding carboxylic acids is 1. The predicted octanol–water partition coefficient (Wildman–Crippen LogP) is 5.82. The van der Waals surface area contributed by atoms with Gasteiger partial charge in [0.25, 0.3) is 0 Å². The number of aromatic nitrogens is 3. The largest absolute Gasteiger partial charge is 0.497 e. The number of anilines is 1. The van der Waals surface area contributed by atoms with Gasteiger partial charge in [0.15, 0.2) is 11.0 Å². The van der Waals surface area contributed by atoms with Crippen LogP contribution in [0.3, 0.4) is 0 Å². The van der Waals surface area contributed by atoms with Crippen LogP contribution in [0.5, 0.6) is 5.75 Å². The Morgan fingerprint density at radius 2 is 1.68 bits per heavy atom. The number of para-hydroxylation sites is 1. The molecule has 0 atom stereocenters. The molecular weight excluding hydrogens is 518 g/mol. The number of amides is 1. The molecule has 196 valence electrons. The Kier molecular flexibility index (Phi) is 8.51. The van der Waals surface area contributed by atoms with Gasteiger partial charge in [0.1, 0.15) is 5.75 Å². The van der Waals surface area contributed by atoms with E-state index in [1.807, 2.05) is 77.7 Å². The molecule has 1 saturated heterocycles. The number of piperazine rings is 1. The lowest BCUT2D eigenvalue weighted by atomic mass is 10.2. The fraction of sp³-hybridized carbons (Fsp3) is 0.276. The molecule has 1 aromatic heterocycles. The Balaban J connectivity index is 1.18. The summed E-state index contributed by atoms with van der Waals surface area (Å²) in [5.41, 5.74) is 3.03. The lowest BCUT2D eigenvalue weighted by molar-refractivity contribution is -0.131. The summed E-state index contributed by atoms with van der Waals surface area (Å²) in [6, 6.07) is 25.8. The first-order chi connectivity index (χ1) is 18.6. The van der Waals surface area contributed by atoms with Crippen LogP contribution >= 0.6 is 23.4 Å². The third-order valence-electron chi connectivity index (χ3n) is 6.55. The van der Waals surface area contributed by atoms with Crippen LogP contribution in [0.2, 0.25) is 5.02 Å². The van der Waals surface area contributed by atoms with Gasteiger partial charge in [0.2, 0.25) is 5.91 Å². The number of halogens is 1. The van der Waals surface area contributed by atoms with Gasteiger partial charge in [-0.05, 0) is 48.9 Å². The molecule has 0 aliphatic carbocycles. The van der Waals surface area contributed by atoms with Crippen molar-refractivity contribution in [2.24, 2.45) is 0 Å². The smallest absolute Gasteiger partial charge is 0.222 e. The third kappa shape index (κ3) is 6.14. The van der Waals surface area contributed by atoms with Crippen molar-refractivity contribution in [3.63, 3.8) is 0 Å². The first-order valence-electron chi connectivity index (χ1n) is 12.7. The summed E-state index contributed by atoms with van der Waals surface area (Å²) in [5, 5.41) is 10.5. The summed E-state index contributed by atoms with van der Waals surface area (Å²) in [5.74, 6) is 2.51. The molecule has 0 unspecified atom stereocenters. The molecule has 0 N–H and O–H groups in total. The second kappa shape index (κ2) is 12.4. The summed E-state index contributed by atoms with van der Waals surface area (Å²) in [6.07, 6.45) is 1.29. The van der Waals surface area contributed by atoms with Gasteiger partial charge in [-0.1, -0.05) is 59.8 Å². The number of carbonyl (C=O) groups is 1. The zero-order valence-electron chi connectivity index (χ0n) is 21.3. The number of nitrogens with zero attached hydrogens (tertiary/aromatic N) is 5. The van der Waals surface area contributed by atoms with Crippen molar-refractivity contribution in [3.05, 3.63) is 83.9 Å². The fourth-order valence-corrected chi connectivity index (χ4v) is 5.63. The number of thioether (sulfide) groups is 1. The molecule has 5 rings (SSSR count). The Bertz CT molecular complexity index is 1370. The lowest BCUT2D eigenvalue weighted by Gasteiger charge is -2.36. The van der Waals surface area contributed by atoms with Crippen LogP contribution in [0, 0.1) is 0 Å². The second-order valence-corrected chi connectivity index (χ2v) is 10.5. The van der Waals surface area contributed by atoms with Gasteiger partial charge in [0, 0.05) is 60.3 Å². The molecule has 38 heavy (non-hydrogen) atoms. The van der Waals surface area contributed by atoms with E-state index in [4.69, 9.17) is 16.3 Å². The van der Waals surface area contributed by atoms with Crippen molar-refractivity contribution >= 4 is 35.0 Å². The topological polar surface area (TPSA) is 63.5 Å². The highest BCUT2D eigenvalue weighted by molar-refractivity contribution is 7.99. The molecule has 1 aliphatic rings. The number of benzene rings is 3. The average molecular weight is 548 g/mol. The maximum Gasteiger partial charge on any atom is 0.222 e.